The van der Waals surface area contributed by atoms with E-state index < -0.39 is 10.1 Å². The molecule has 1 aliphatic heterocycles. The Labute approximate surface area is 158 Å². The molecule has 0 aromatic carbocycles. The Morgan fingerprint density at radius 1 is 1.23 bits per heavy atom. The van der Waals surface area contributed by atoms with Gasteiger partial charge < -0.3 is 14.4 Å². The summed E-state index contributed by atoms with van der Waals surface area (Å²) in [5.41, 5.74) is 0. The van der Waals surface area contributed by atoms with Crippen LogP contribution in [-0.4, -0.2) is 61.5 Å². The van der Waals surface area contributed by atoms with Crippen LogP contribution in [0.15, 0.2) is 41.4 Å². The zero-order valence-corrected chi connectivity index (χ0v) is 16.3. The molecule has 0 spiro atoms. The average molecular weight is 401 g/mol. The minimum absolute atomic E-state index is 0.0105. The quantitative estimate of drug-likeness (QED) is 0.564. The molecule has 26 heavy (non-hydrogen) atoms. The van der Waals surface area contributed by atoms with Gasteiger partial charge in [0.15, 0.2) is 11.5 Å². The highest BCUT2D eigenvalue weighted by Crippen LogP contribution is 2.35. The fraction of sp³-hybridized carbons (Fsp3) is 0.471. The maximum Gasteiger partial charge on any atom is 0.264 e. The van der Waals surface area contributed by atoms with Crippen molar-refractivity contribution in [2.75, 3.05) is 32.5 Å². The van der Waals surface area contributed by atoms with Gasteiger partial charge in [-0.15, -0.1) is 11.3 Å². The molecule has 2 aromatic rings. The minimum atomic E-state index is -3.84. The molecule has 9 heteroatoms. The molecule has 1 unspecified atom stereocenters. The molecule has 7 nitrogen and oxygen atoms in total. The summed E-state index contributed by atoms with van der Waals surface area (Å²) in [5.74, 6) is 1.43. The van der Waals surface area contributed by atoms with Crippen molar-refractivity contribution >= 4 is 21.5 Å². The first kappa shape index (κ1) is 20.6. The van der Waals surface area contributed by atoms with Crippen LogP contribution < -0.4 is 9.47 Å². The van der Waals surface area contributed by atoms with Gasteiger partial charge in [-0.3, -0.25) is 9.54 Å². The molecular formula is C17H24N2O5S2. The SMILES string of the molecule is CN(CCCCS(=O)(=O)O)CC1COc2cscc2O1.c1ccncc1. The summed E-state index contributed by atoms with van der Waals surface area (Å²) in [4.78, 5) is 5.86. The number of aromatic nitrogens is 1. The van der Waals surface area contributed by atoms with Gasteiger partial charge in [0.05, 0.1) is 5.75 Å². The normalized spacial score (nSPS) is 16.0. The number of ether oxygens (including phenoxy) is 2. The summed E-state index contributed by atoms with van der Waals surface area (Å²) in [6.07, 6.45) is 4.66. The first-order chi connectivity index (χ1) is 12.4. The highest BCUT2D eigenvalue weighted by molar-refractivity contribution is 7.85. The van der Waals surface area contributed by atoms with Crippen molar-refractivity contribution in [2.45, 2.75) is 18.9 Å². The standard InChI is InChI=1S/C12H19NO5S2.C5H5N/c1-13(4-2-3-5-20(14,15)16)6-10-7-17-11-8-19-9-12(11)18-10;1-2-4-6-5-3-1/h8-10H,2-7H2,1H3,(H,14,15,16);1-5H. The van der Waals surface area contributed by atoms with Crippen LogP contribution in [-0.2, 0) is 10.1 Å². The lowest BCUT2D eigenvalue weighted by Gasteiger charge is -2.28. The van der Waals surface area contributed by atoms with E-state index in [2.05, 4.69) is 9.88 Å². The van der Waals surface area contributed by atoms with Crippen molar-refractivity contribution < 1.29 is 22.4 Å². The van der Waals surface area contributed by atoms with E-state index in [0.29, 0.717) is 19.4 Å². The predicted octanol–water partition coefficient (Wildman–Crippen LogP) is 2.57. The predicted molar refractivity (Wildman–Crippen MR) is 102 cm³/mol. The smallest absolute Gasteiger partial charge is 0.264 e. The molecule has 3 heterocycles. The molecule has 2 aromatic heterocycles. The first-order valence-electron chi connectivity index (χ1n) is 8.28. The van der Waals surface area contributed by atoms with E-state index >= 15 is 0 Å². The molecule has 0 aliphatic carbocycles. The zero-order valence-electron chi connectivity index (χ0n) is 14.7. The van der Waals surface area contributed by atoms with E-state index in [0.717, 1.165) is 24.6 Å². The molecule has 0 fully saturated rings. The summed E-state index contributed by atoms with van der Waals surface area (Å²) >= 11 is 1.55. The van der Waals surface area contributed by atoms with Gasteiger partial charge in [-0.1, -0.05) is 6.07 Å². The van der Waals surface area contributed by atoms with Crippen molar-refractivity contribution in [1.29, 1.82) is 0 Å². The van der Waals surface area contributed by atoms with Crippen molar-refractivity contribution in [2.24, 2.45) is 0 Å². The van der Waals surface area contributed by atoms with Crippen LogP contribution in [0.5, 0.6) is 11.5 Å². The van der Waals surface area contributed by atoms with Crippen LogP contribution in [0.25, 0.3) is 0 Å². The highest BCUT2D eigenvalue weighted by atomic mass is 32.2. The molecule has 144 valence electrons. The van der Waals surface area contributed by atoms with Gasteiger partial charge in [0.1, 0.15) is 12.7 Å². The van der Waals surface area contributed by atoms with Crippen LogP contribution in [0.1, 0.15) is 12.8 Å². The van der Waals surface area contributed by atoms with Gasteiger partial charge in [0.2, 0.25) is 0 Å². The van der Waals surface area contributed by atoms with Gasteiger partial charge in [-0.2, -0.15) is 8.42 Å². The number of fused-ring (bicyclic) bond motifs is 1. The van der Waals surface area contributed by atoms with Gasteiger partial charge in [0.25, 0.3) is 10.1 Å². The molecule has 0 radical (unpaired) electrons. The van der Waals surface area contributed by atoms with Crippen LogP contribution in [0, 0.1) is 0 Å². The van der Waals surface area contributed by atoms with Crippen LogP contribution in [0.3, 0.4) is 0 Å². The topological polar surface area (TPSA) is 89.0 Å². The lowest BCUT2D eigenvalue weighted by Crippen LogP contribution is -2.39. The molecule has 1 N–H and O–H groups in total. The average Bonchev–Trinajstić information content (AvgIpc) is 3.08. The molecule has 1 aliphatic rings. The Hall–Kier alpha value is -1.68. The van der Waals surface area contributed by atoms with Gasteiger partial charge in [-0.05, 0) is 38.6 Å². The Balaban J connectivity index is 0.000000342. The number of likely N-dealkylation sites (N-methyl/N-ethyl adjacent to an activating group) is 1. The van der Waals surface area contributed by atoms with Gasteiger partial charge >= 0.3 is 0 Å². The van der Waals surface area contributed by atoms with Crippen molar-refractivity contribution in [3.05, 3.63) is 41.4 Å². The summed E-state index contributed by atoms with van der Waals surface area (Å²) in [7, 11) is -1.88. The van der Waals surface area contributed by atoms with Crippen LogP contribution >= 0.6 is 11.3 Å². The van der Waals surface area contributed by atoms with E-state index in [1.54, 1.807) is 23.7 Å². The number of hydrogen-bond acceptors (Lipinski definition) is 7. The number of unbranched alkanes of at least 4 members (excludes halogenated alkanes) is 1. The maximum absolute atomic E-state index is 10.6. The molecule has 0 saturated heterocycles. The fourth-order valence-electron chi connectivity index (χ4n) is 2.37. The third kappa shape index (κ3) is 8.13. The molecule has 0 amide bonds. The lowest BCUT2D eigenvalue weighted by atomic mass is 10.2. The molecule has 0 bridgehead atoms. The largest absolute Gasteiger partial charge is 0.485 e. The van der Waals surface area contributed by atoms with E-state index in [1.165, 1.54) is 0 Å². The van der Waals surface area contributed by atoms with Crippen LogP contribution in [0.2, 0.25) is 0 Å². The van der Waals surface area contributed by atoms with Crippen molar-refractivity contribution in [1.82, 2.24) is 9.88 Å². The first-order valence-corrected chi connectivity index (χ1v) is 10.8. The number of hydrogen-bond donors (Lipinski definition) is 1. The van der Waals surface area contributed by atoms with Crippen molar-refractivity contribution in [3.63, 3.8) is 0 Å². The second-order valence-corrected chi connectivity index (χ2v) is 8.25. The van der Waals surface area contributed by atoms with E-state index in [9.17, 15) is 8.42 Å². The third-order valence-corrected chi connectivity index (χ3v) is 5.09. The monoisotopic (exact) mass is 400 g/mol. The summed E-state index contributed by atoms with van der Waals surface area (Å²) in [5, 5.41) is 3.85. The summed E-state index contributed by atoms with van der Waals surface area (Å²) in [6.45, 7) is 2.01. The summed E-state index contributed by atoms with van der Waals surface area (Å²) in [6, 6.07) is 5.72. The molecular weight excluding hydrogens is 376 g/mol. The second kappa shape index (κ2) is 10.5. The van der Waals surface area contributed by atoms with Crippen LogP contribution in [0.4, 0.5) is 0 Å². The third-order valence-electron chi connectivity index (χ3n) is 3.59. The Bertz CT molecular complexity index is 710. The lowest BCUT2D eigenvalue weighted by molar-refractivity contribution is 0.0663. The summed E-state index contributed by atoms with van der Waals surface area (Å²) < 4.78 is 41.2. The van der Waals surface area contributed by atoms with Crippen molar-refractivity contribution in [3.8, 4) is 11.5 Å². The Morgan fingerprint density at radius 2 is 1.96 bits per heavy atom. The van der Waals surface area contributed by atoms with Gasteiger partial charge in [0, 0.05) is 29.7 Å². The zero-order chi connectivity index (χ0) is 18.8. The molecule has 3 rings (SSSR count). The highest BCUT2D eigenvalue weighted by Gasteiger charge is 2.22. The number of thiophene rings is 1. The molecule has 1 atom stereocenters. The number of rotatable bonds is 7. The maximum atomic E-state index is 10.6. The van der Waals surface area contributed by atoms with E-state index in [4.69, 9.17) is 14.0 Å². The number of pyridine rings is 1. The number of nitrogens with zero attached hydrogens (tertiary/aromatic N) is 2. The second-order valence-electron chi connectivity index (χ2n) is 5.93. The van der Waals surface area contributed by atoms with E-state index in [1.807, 2.05) is 36.0 Å². The Kier molecular flexibility index (Phi) is 8.30. The van der Waals surface area contributed by atoms with E-state index in [-0.39, 0.29) is 11.9 Å². The Morgan fingerprint density at radius 3 is 2.58 bits per heavy atom. The minimum Gasteiger partial charge on any atom is -0.485 e. The molecule has 0 saturated carbocycles. The van der Waals surface area contributed by atoms with Gasteiger partial charge in [-0.25, -0.2) is 0 Å². The fourth-order valence-corrected chi connectivity index (χ4v) is 3.61.